The summed E-state index contributed by atoms with van der Waals surface area (Å²) in [4.78, 5) is 29.0. The molecule has 0 aromatic heterocycles. The second-order valence-electron chi connectivity index (χ2n) is 6.46. The van der Waals surface area contributed by atoms with Gasteiger partial charge in [-0.3, -0.25) is 9.69 Å². The van der Waals surface area contributed by atoms with Crippen molar-refractivity contribution in [1.82, 2.24) is 20.0 Å². The maximum Gasteiger partial charge on any atom is 0.317 e. The van der Waals surface area contributed by atoms with Gasteiger partial charge in [-0.1, -0.05) is 6.92 Å². The van der Waals surface area contributed by atoms with Gasteiger partial charge in [0.05, 0.1) is 6.54 Å². The third kappa shape index (κ3) is 6.74. The molecule has 0 saturated heterocycles. The van der Waals surface area contributed by atoms with Crippen LogP contribution >= 0.6 is 0 Å². The van der Waals surface area contributed by atoms with Crippen LogP contribution in [0.2, 0.25) is 0 Å². The first-order chi connectivity index (χ1) is 10.9. The molecule has 1 saturated carbocycles. The fourth-order valence-electron chi connectivity index (χ4n) is 2.92. The molecule has 0 unspecified atom stereocenters. The maximum atomic E-state index is 12.3. The van der Waals surface area contributed by atoms with E-state index in [1.165, 1.54) is 0 Å². The second-order valence-corrected chi connectivity index (χ2v) is 6.46. The van der Waals surface area contributed by atoms with Crippen LogP contribution in [-0.2, 0) is 4.79 Å². The van der Waals surface area contributed by atoms with E-state index in [1.54, 1.807) is 0 Å². The summed E-state index contributed by atoms with van der Waals surface area (Å²) in [5.41, 5.74) is 0. The number of hydrogen-bond donors (Lipinski definition) is 2. The molecule has 1 aliphatic rings. The Kier molecular flexibility index (Phi) is 8.33. The summed E-state index contributed by atoms with van der Waals surface area (Å²) in [6.07, 6.45) is 2.63. The van der Waals surface area contributed by atoms with E-state index in [2.05, 4.69) is 10.2 Å². The molecule has 0 spiro atoms. The van der Waals surface area contributed by atoms with E-state index in [0.29, 0.717) is 6.54 Å². The number of likely N-dealkylation sites (N-methyl/N-ethyl adjacent to an activating group) is 1. The molecule has 134 valence electrons. The summed E-state index contributed by atoms with van der Waals surface area (Å²) in [7, 11) is 4.06. The Morgan fingerprint density at radius 1 is 1.13 bits per heavy atom. The number of rotatable bonds is 10. The standard InChI is InChI=1S/C16H32N4O3/c1-5-19(9-7-8-18(3)4)16(23)17-13-10-14(11-13)20(6-2)12-15(21)22/h13-14H,5-12H2,1-4H3,(H,17,23)(H,21,22). The van der Waals surface area contributed by atoms with Crippen molar-refractivity contribution < 1.29 is 14.7 Å². The molecule has 0 aliphatic heterocycles. The van der Waals surface area contributed by atoms with Gasteiger partial charge in [0, 0.05) is 25.2 Å². The predicted molar refractivity (Wildman–Crippen MR) is 90.6 cm³/mol. The van der Waals surface area contributed by atoms with Gasteiger partial charge in [0.25, 0.3) is 0 Å². The van der Waals surface area contributed by atoms with Crippen molar-refractivity contribution in [1.29, 1.82) is 0 Å². The van der Waals surface area contributed by atoms with Crippen molar-refractivity contribution in [2.24, 2.45) is 0 Å². The molecular formula is C16H32N4O3. The van der Waals surface area contributed by atoms with E-state index < -0.39 is 5.97 Å². The van der Waals surface area contributed by atoms with Crippen LogP contribution in [0.3, 0.4) is 0 Å². The number of carbonyl (C=O) groups excluding carboxylic acids is 1. The average molecular weight is 328 g/mol. The first-order valence-corrected chi connectivity index (χ1v) is 8.53. The molecule has 0 bridgehead atoms. The molecule has 1 aliphatic carbocycles. The van der Waals surface area contributed by atoms with Gasteiger partial charge >= 0.3 is 12.0 Å². The van der Waals surface area contributed by atoms with E-state index in [-0.39, 0.29) is 24.7 Å². The molecule has 1 fully saturated rings. The van der Waals surface area contributed by atoms with E-state index in [1.807, 2.05) is 37.7 Å². The van der Waals surface area contributed by atoms with Gasteiger partial charge in [-0.15, -0.1) is 0 Å². The molecule has 7 nitrogen and oxygen atoms in total. The fraction of sp³-hybridized carbons (Fsp3) is 0.875. The van der Waals surface area contributed by atoms with Gasteiger partial charge in [0.2, 0.25) is 0 Å². The Labute approximate surface area is 139 Å². The predicted octanol–water partition coefficient (Wildman–Crippen LogP) is 0.907. The highest BCUT2D eigenvalue weighted by Gasteiger charge is 2.35. The van der Waals surface area contributed by atoms with Crippen LogP contribution in [0.1, 0.15) is 33.1 Å². The van der Waals surface area contributed by atoms with Crippen molar-refractivity contribution in [3.8, 4) is 0 Å². The summed E-state index contributed by atoms with van der Waals surface area (Å²) < 4.78 is 0. The van der Waals surface area contributed by atoms with Crippen LogP contribution in [0, 0.1) is 0 Å². The van der Waals surface area contributed by atoms with Crippen LogP contribution in [0.15, 0.2) is 0 Å². The monoisotopic (exact) mass is 328 g/mol. The molecular weight excluding hydrogens is 296 g/mol. The molecule has 0 atom stereocenters. The van der Waals surface area contributed by atoms with Crippen molar-refractivity contribution in [3.63, 3.8) is 0 Å². The lowest BCUT2D eigenvalue weighted by Gasteiger charge is -2.42. The van der Waals surface area contributed by atoms with E-state index >= 15 is 0 Å². The van der Waals surface area contributed by atoms with E-state index in [4.69, 9.17) is 5.11 Å². The Bertz CT molecular complexity index is 384. The number of nitrogens with one attached hydrogen (secondary N) is 1. The molecule has 0 heterocycles. The number of carboxylic acid groups (broad SMARTS) is 1. The third-order valence-corrected chi connectivity index (χ3v) is 4.40. The minimum Gasteiger partial charge on any atom is -0.480 e. The van der Waals surface area contributed by atoms with Crippen molar-refractivity contribution in [2.45, 2.75) is 45.2 Å². The van der Waals surface area contributed by atoms with Crippen LogP contribution in [0.4, 0.5) is 4.79 Å². The molecule has 0 aromatic carbocycles. The molecule has 2 amide bonds. The lowest BCUT2D eigenvalue weighted by Crippen LogP contribution is -2.56. The van der Waals surface area contributed by atoms with Crippen LogP contribution < -0.4 is 5.32 Å². The quantitative estimate of drug-likeness (QED) is 0.623. The SMILES string of the molecule is CCN(CCCN(C)C)C(=O)NC1CC(N(CC)CC(=O)O)C1. The highest BCUT2D eigenvalue weighted by molar-refractivity contribution is 5.74. The number of carbonyl (C=O) groups is 2. The van der Waals surface area contributed by atoms with Crippen molar-refractivity contribution >= 4 is 12.0 Å². The van der Waals surface area contributed by atoms with Crippen LogP contribution in [0.25, 0.3) is 0 Å². The fourth-order valence-corrected chi connectivity index (χ4v) is 2.92. The Balaban J connectivity index is 2.31. The van der Waals surface area contributed by atoms with Gasteiger partial charge in [-0.2, -0.15) is 0 Å². The lowest BCUT2D eigenvalue weighted by molar-refractivity contribution is -0.139. The van der Waals surface area contributed by atoms with Crippen LogP contribution in [-0.4, -0.2) is 90.7 Å². The zero-order valence-corrected chi connectivity index (χ0v) is 14.9. The first kappa shape index (κ1) is 19.7. The summed E-state index contributed by atoms with van der Waals surface area (Å²) >= 11 is 0. The average Bonchev–Trinajstić information content (AvgIpc) is 2.44. The van der Waals surface area contributed by atoms with Gasteiger partial charge in [0.1, 0.15) is 0 Å². The zero-order valence-electron chi connectivity index (χ0n) is 14.9. The number of urea groups is 1. The maximum absolute atomic E-state index is 12.3. The first-order valence-electron chi connectivity index (χ1n) is 8.53. The number of nitrogens with zero attached hydrogens (tertiary/aromatic N) is 3. The van der Waals surface area contributed by atoms with Crippen molar-refractivity contribution in [3.05, 3.63) is 0 Å². The molecule has 7 heteroatoms. The highest BCUT2D eigenvalue weighted by atomic mass is 16.4. The lowest BCUT2D eigenvalue weighted by atomic mass is 9.85. The van der Waals surface area contributed by atoms with E-state index in [9.17, 15) is 9.59 Å². The molecule has 0 aromatic rings. The second kappa shape index (κ2) is 9.72. The molecule has 2 N–H and O–H groups in total. The molecule has 0 radical (unpaired) electrons. The summed E-state index contributed by atoms with van der Waals surface area (Å²) in [5.74, 6) is -0.794. The topological polar surface area (TPSA) is 76.1 Å². The normalized spacial score (nSPS) is 20.4. The zero-order chi connectivity index (χ0) is 17.4. The smallest absolute Gasteiger partial charge is 0.317 e. The molecule has 23 heavy (non-hydrogen) atoms. The van der Waals surface area contributed by atoms with Crippen LogP contribution in [0.5, 0.6) is 0 Å². The Hall–Kier alpha value is -1.34. The van der Waals surface area contributed by atoms with Gasteiger partial charge in [-0.05, 0) is 53.4 Å². The van der Waals surface area contributed by atoms with Crippen molar-refractivity contribution in [2.75, 3.05) is 46.8 Å². The summed E-state index contributed by atoms with van der Waals surface area (Å²) in [5, 5.41) is 12.0. The number of carboxylic acids is 1. The Morgan fingerprint density at radius 3 is 2.26 bits per heavy atom. The van der Waals surface area contributed by atoms with Gasteiger partial charge in [-0.25, -0.2) is 4.79 Å². The number of hydrogen-bond acceptors (Lipinski definition) is 4. The summed E-state index contributed by atoms with van der Waals surface area (Å²) in [6, 6.07) is 0.430. The third-order valence-electron chi connectivity index (χ3n) is 4.40. The highest BCUT2D eigenvalue weighted by Crippen LogP contribution is 2.25. The largest absolute Gasteiger partial charge is 0.480 e. The van der Waals surface area contributed by atoms with E-state index in [0.717, 1.165) is 38.9 Å². The summed E-state index contributed by atoms with van der Waals surface area (Å²) in [6.45, 7) is 7.20. The Morgan fingerprint density at radius 2 is 1.78 bits per heavy atom. The van der Waals surface area contributed by atoms with Gasteiger partial charge < -0.3 is 20.2 Å². The number of aliphatic carboxylic acids is 1. The van der Waals surface area contributed by atoms with Gasteiger partial charge in [0.15, 0.2) is 0 Å². The number of amides is 2. The minimum absolute atomic E-state index is 0.00371. The minimum atomic E-state index is -0.794. The molecule has 1 rings (SSSR count).